The second kappa shape index (κ2) is 7.20. The number of ether oxygens (including phenoxy) is 1. The number of hydrogen-bond donors (Lipinski definition) is 0. The maximum absolute atomic E-state index is 12.5. The molecular formula is C16H20N6O2. The molecule has 1 saturated heterocycles. The molecule has 2 aromatic heterocycles. The molecule has 3 rings (SSSR count). The summed E-state index contributed by atoms with van der Waals surface area (Å²) in [6, 6.07) is 3.65. The topological polar surface area (TPSA) is 84.3 Å². The van der Waals surface area contributed by atoms with Gasteiger partial charge in [0.2, 0.25) is 5.88 Å². The fourth-order valence-electron chi connectivity index (χ4n) is 2.58. The Balaban J connectivity index is 1.62. The van der Waals surface area contributed by atoms with Crippen LogP contribution < -0.4 is 9.64 Å². The minimum atomic E-state index is -0.120. The Labute approximate surface area is 140 Å². The number of aromatic nitrogens is 4. The Hall–Kier alpha value is -2.77. The van der Waals surface area contributed by atoms with Gasteiger partial charge in [0.15, 0.2) is 5.82 Å². The van der Waals surface area contributed by atoms with Crippen molar-refractivity contribution in [1.29, 1.82) is 0 Å². The Morgan fingerprint density at radius 3 is 2.83 bits per heavy atom. The molecule has 8 heteroatoms. The van der Waals surface area contributed by atoms with Crippen LogP contribution in [0.1, 0.15) is 23.3 Å². The van der Waals surface area contributed by atoms with E-state index in [9.17, 15) is 4.79 Å². The predicted octanol–water partition coefficient (Wildman–Crippen LogP) is 1.02. The minimum Gasteiger partial charge on any atom is -0.471 e. The van der Waals surface area contributed by atoms with Gasteiger partial charge < -0.3 is 14.5 Å². The zero-order valence-corrected chi connectivity index (χ0v) is 13.8. The lowest BCUT2D eigenvalue weighted by Gasteiger charge is -2.32. The van der Waals surface area contributed by atoms with Crippen LogP contribution in [0.25, 0.3) is 0 Å². The van der Waals surface area contributed by atoms with Crippen molar-refractivity contribution in [1.82, 2.24) is 25.1 Å². The summed E-state index contributed by atoms with van der Waals surface area (Å²) in [4.78, 5) is 24.1. The zero-order chi connectivity index (χ0) is 16.9. The van der Waals surface area contributed by atoms with Gasteiger partial charge in [-0.3, -0.25) is 9.78 Å². The fourth-order valence-corrected chi connectivity index (χ4v) is 2.58. The Morgan fingerprint density at radius 2 is 2.17 bits per heavy atom. The van der Waals surface area contributed by atoms with Gasteiger partial charge in [-0.25, -0.2) is 4.98 Å². The Morgan fingerprint density at radius 1 is 1.29 bits per heavy atom. The van der Waals surface area contributed by atoms with Crippen molar-refractivity contribution >= 4 is 11.7 Å². The monoisotopic (exact) mass is 328 g/mol. The van der Waals surface area contributed by atoms with Crippen molar-refractivity contribution in [2.75, 3.05) is 32.1 Å². The number of rotatable bonds is 4. The van der Waals surface area contributed by atoms with E-state index in [0.29, 0.717) is 24.7 Å². The van der Waals surface area contributed by atoms with E-state index in [0.717, 1.165) is 18.7 Å². The van der Waals surface area contributed by atoms with Gasteiger partial charge in [-0.1, -0.05) is 0 Å². The van der Waals surface area contributed by atoms with Crippen LogP contribution in [0.2, 0.25) is 0 Å². The van der Waals surface area contributed by atoms with Crippen molar-refractivity contribution < 1.29 is 9.53 Å². The number of nitrogens with zero attached hydrogens (tertiary/aromatic N) is 6. The molecule has 3 heterocycles. The zero-order valence-electron chi connectivity index (χ0n) is 13.8. The molecule has 0 bridgehead atoms. The van der Waals surface area contributed by atoms with Crippen molar-refractivity contribution in [3.63, 3.8) is 0 Å². The SMILES string of the molecule is CN(C)c1ccc(OC2CCCN(C(=O)c3cnccn3)C2)nn1. The first-order valence-corrected chi connectivity index (χ1v) is 7.86. The molecule has 1 aliphatic rings. The average molecular weight is 328 g/mol. The first kappa shape index (κ1) is 16.1. The van der Waals surface area contributed by atoms with E-state index < -0.39 is 0 Å². The summed E-state index contributed by atoms with van der Waals surface area (Å²) in [5.41, 5.74) is 0.355. The molecule has 0 aromatic carbocycles. The predicted molar refractivity (Wildman–Crippen MR) is 87.9 cm³/mol. The minimum absolute atomic E-state index is 0.0983. The third-order valence-corrected chi connectivity index (χ3v) is 3.82. The molecule has 2 aromatic rings. The van der Waals surface area contributed by atoms with E-state index in [1.165, 1.54) is 12.4 Å². The molecule has 0 aliphatic carbocycles. The van der Waals surface area contributed by atoms with Crippen LogP contribution in [0.5, 0.6) is 5.88 Å². The van der Waals surface area contributed by atoms with E-state index in [-0.39, 0.29) is 12.0 Å². The molecule has 8 nitrogen and oxygen atoms in total. The van der Waals surface area contributed by atoms with Crippen molar-refractivity contribution in [3.8, 4) is 5.88 Å². The Kier molecular flexibility index (Phi) is 4.83. The van der Waals surface area contributed by atoms with Gasteiger partial charge in [-0.05, 0) is 18.9 Å². The highest BCUT2D eigenvalue weighted by atomic mass is 16.5. The summed E-state index contributed by atoms with van der Waals surface area (Å²) in [6.07, 6.45) is 6.21. The number of hydrogen-bond acceptors (Lipinski definition) is 7. The van der Waals surface area contributed by atoms with Gasteiger partial charge >= 0.3 is 0 Å². The van der Waals surface area contributed by atoms with E-state index >= 15 is 0 Å². The summed E-state index contributed by atoms with van der Waals surface area (Å²) in [7, 11) is 3.81. The number of anilines is 1. The van der Waals surface area contributed by atoms with Crippen LogP contribution in [0.15, 0.2) is 30.7 Å². The molecule has 0 spiro atoms. The van der Waals surface area contributed by atoms with E-state index in [4.69, 9.17) is 4.74 Å². The number of piperidine rings is 1. The molecule has 0 N–H and O–H groups in total. The summed E-state index contributed by atoms with van der Waals surface area (Å²) in [5.74, 6) is 1.12. The molecule has 0 radical (unpaired) electrons. The van der Waals surface area contributed by atoms with Gasteiger partial charge in [0.05, 0.1) is 12.7 Å². The Bertz CT molecular complexity index is 677. The largest absolute Gasteiger partial charge is 0.471 e. The highest BCUT2D eigenvalue weighted by Crippen LogP contribution is 2.18. The lowest BCUT2D eigenvalue weighted by molar-refractivity contribution is 0.0520. The normalized spacial score (nSPS) is 17.4. The van der Waals surface area contributed by atoms with Gasteiger partial charge in [0.1, 0.15) is 11.8 Å². The van der Waals surface area contributed by atoms with Crippen LogP contribution in [0, 0.1) is 0 Å². The van der Waals surface area contributed by atoms with Crippen LogP contribution in [0.3, 0.4) is 0 Å². The van der Waals surface area contributed by atoms with Crippen LogP contribution in [-0.2, 0) is 0 Å². The van der Waals surface area contributed by atoms with Crippen molar-refractivity contribution in [2.45, 2.75) is 18.9 Å². The molecule has 1 fully saturated rings. The average Bonchev–Trinajstić information content (AvgIpc) is 2.62. The number of amides is 1. The fraction of sp³-hybridized carbons (Fsp3) is 0.438. The quantitative estimate of drug-likeness (QED) is 0.828. The first-order valence-electron chi connectivity index (χ1n) is 7.86. The molecule has 24 heavy (non-hydrogen) atoms. The van der Waals surface area contributed by atoms with Crippen LogP contribution in [0.4, 0.5) is 5.82 Å². The molecule has 1 amide bonds. The van der Waals surface area contributed by atoms with E-state index in [1.807, 2.05) is 25.1 Å². The van der Waals surface area contributed by atoms with E-state index in [2.05, 4.69) is 20.2 Å². The van der Waals surface area contributed by atoms with Gasteiger partial charge in [0, 0.05) is 39.1 Å². The molecular weight excluding hydrogens is 308 g/mol. The molecule has 1 unspecified atom stereocenters. The lowest BCUT2D eigenvalue weighted by Crippen LogP contribution is -2.44. The second-order valence-electron chi connectivity index (χ2n) is 5.85. The van der Waals surface area contributed by atoms with Crippen LogP contribution >= 0.6 is 0 Å². The standard InChI is InChI=1S/C16H20N6O2/c1-21(2)14-5-6-15(20-19-14)24-12-4-3-9-22(11-12)16(23)13-10-17-7-8-18-13/h5-8,10,12H,3-4,9,11H2,1-2H3. The smallest absolute Gasteiger partial charge is 0.274 e. The first-order chi connectivity index (χ1) is 11.6. The summed E-state index contributed by atoms with van der Waals surface area (Å²) >= 11 is 0. The molecule has 1 aliphatic heterocycles. The number of carbonyl (C=O) groups excluding carboxylic acids is 1. The second-order valence-corrected chi connectivity index (χ2v) is 5.85. The third kappa shape index (κ3) is 3.76. The third-order valence-electron chi connectivity index (χ3n) is 3.82. The molecule has 0 saturated carbocycles. The molecule has 1 atom stereocenters. The maximum atomic E-state index is 12.5. The van der Waals surface area contributed by atoms with Crippen molar-refractivity contribution in [2.24, 2.45) is 0 Å². The molecule has 126 valence electrons. The highest BCUT2D eigenvalue weighted by Gasteiger charge is 2.26. The lowest BCUT2D eigenvalue weighted by atomic mass is 10.1. The van der Waals surface area contributed by atoms with Crippen LogP contribution in [-0.4, -0.2) is 64.3 Å². The summed E-state index contributed by atoms with van der Waals surface area (Å²) in [6.45, 7) is 1.20. The van der Waals surface area contributed by atoms with Gasteiger partial charge in [-0.2, -0.15) is 0 Å². The summed E-state index contributed by atoms with van der Waals surface area (Å²) in [5, 5.41) is 8.18. The van der Waals surface area contributed by atoms with Gasteiger partial charge in [0.25, 0.3) is 5.91 Å². The summed E-state index contributed by atoms with van der Waals surface area (Å²) < 4.78 is 5.88. The number of carbonyl (C=O) groups is 1. The van der Waals surface area contributed by atoms with E-state index in [1.54, 1.807) is 17.2 Å². The highest BCUT2D eigenvalue weighted by molar-refractivity contribution is 5.92. The number of likely N-dealkylation sites (tertiary alicyclic amines) is 1. The van der Waals surface area contributed by atoms with Crippen molar-refractivity contribution in [3.05, 3.63) is 36.4 Å². The maximum Gasteiger partial charge on any atom is 0.274 e. The van der Waals surface area contributed by atoms with Gasteiger partial charge in [-0.15, -0.1) is 10.2 Å².